The first-order valence-corrected chi connectivity index (χ1v) is 6.71. The van der Waals surface area contributed by atoms with Gasteiger partial charge in [-0.05, 0) is 42.9 Å². The van der Waals surface area contributed by atoms with Crippen molar-refractivity contribution >= 4 is 5.69 Å². The van der Waals surface area contributed by atoms with Gasteiger partial charge in [0.15, 0.2) is 0 Å². The molecule has 0 aliphatic heterocycles. The van der Waals surface area contributed by atoms with Crippen molar-refractivity contribution in [1.82, 2.24) is 0 Å². The molecule has 0 radical (unpaired) electrons. The van der Waals surface area contributed by atoms with Gasteiger partial charge in [-0.15, -0.1) is 0 Å². The highest BCUT2D eigenvalue weighted by molar-refractivity contribution is 5.44. The van der Waals surface area contributed by atoms with E-state index >= 15 is 0 Å². The summed E-state index contributed by atoms with van der Waals surface area (Å²) in [6.07, 6.45) is 8.27. The highest BCUT2D eigenvalue weighted by Crippen LogP contribution is 2.24. The summed E-state index contributed by atoms with van der Waals surface area (Å²) in [5.41, 5.74) is 2.70. The van der Waals surface area contributed by atoms with E-state index in [1.807, 2.05) is 0 Å². The first-order chi connectivity index (χ1) is 7.88. The van der Waals surface area contributed by atoms with Gasteiger partial charge in [0.2, 0.25) is 0 Å². The van der Waals surface area contributed by atoms with Gasteiger partial charge in [0, 0.05) is 12.2 Å². The van der Waals surface area contributed by atoms with Crippen molar-refractivity contribution in [3.63, 3.8) is 0 Å². The van der Waals surface area contributed by atoms with Crippen LogP contribution >= 0.6 is 0 Å². The molecule has 0 saturated heterocycles. The van der Waals surface area contributed by atoms with E-state index in [2.05, 4.69) is 36.5 Å². The Morgan fingerprint density at radius 3 is 2.38 bits per heavy atom. The molecule has 1 N–H and O–H groups in total. The summed E-state index contributed by atoms with van der Waals surface area (Å²) in [5.74, 6) is 0.902. The molecule has 1 aliphatic carbocycles. The summed E-state index contributed by atoms with van der Waals surface area (Å²) < 4.78 is 0. The van der Waals surface area contributed by atoms with Gasteiger partial charge < -0.3 is 5.32 Å². The fourth-order valence-corrected chi connectivity index (χ4v) is 2.51. The number of anilines is 1. The Bertz CT molecular complexity index is 296. The first kappa shape index (κ1) is 11.5. The van der Waals surface area contributed by atoms with Crippen molar-refractivity contribution in [2.45, 2.75) is 45.4 Å². The molecule has 2 rings (SSSR count). The van der Waals surface area contributed by atoms with Gasteiger partial charge in [0.05, 0.1) is 0 Å². The lowest BCUT2D eigenvalue weighted by Crippen LogP contribution is -2.16. The maximum absolute atomic E-state index is 3.57. The quantitative estimate of drug-likeness (QED) is 0.795. The molecule has 88 valence electrons. The molecular weight excluding hydrogens is 194 g/mol. The van der Waals surface area contributed by atoms with E-state index in [9.17, 15) is 0 Å². The van der Waals surface area contributed by atoms with E-state index in [1.165, 1.54) is 43.4 Å². The predicted molar refractivity (Wildman–Crippen MR) is 70.9 cm³/mol. The van der Waals surface area contributed by atoms with E-state index < -0.39 is 0 Å². The topological polar surface area (TPSA) is 12.0 Å². The van der Waals surface area contributed by atoms with Crippen molar-refractivity contribution in [2.75, 3.05) is 11.9 Å². The highest BCUT2D eigenvalue weighted by Gasteiger charge is 2.12. The Morgan fingerprint density at radius 2 is 1.75 bits per heavy atom. The standard InChI is InChI=1S/C15H23N/c1-2-13-8-10-15(11-9-13)16-12-14-6-4-3-5-7-14/h8-11,14,16H,2-7,12H2,1H3. The summed E-state index contributed by atoms with van der Waals surface area (Å²) in [6.45, 7) is 3.36. The van der Waals surface area contributed by atoms with E-state index in [-0.39, 0.29) is 0 Å². The van der Waals surface area contributed by atoms with E-state index in [4.69, 9.17) is 0 Å². The van der Waals surface area contributed by atoms with Crippen molar-refractivity contribution in [2.24, 2.45) is 5.92 Å². The number of rotatable bonds is 4. The molecule has 0 bridgehead atoms. The first-order valence-electron chi connectivity index (χ1n) is 6.71. The average Bonchev–Trinajstić information content (AvgIpc) is 2.38. The second-order valence-corrected chi connectivity index (χ2v) is 4.94. The Kier molecular flexibility index (Phi) is 4.26. The van der Waals surface area contributed by atoms with Crippen LogP contribution in [0.3, 0.4) is 0 Å². The minimum Gasteiger partial charge on any atom is -0.385 e. The highest BCUT2D eigenvalue weighted by atomic mass is 14.9. The van der Waals surface area contributed by atoms with E-state index in [1.54, 1.807) is 0 Å². The van der Waals surface area contributed by atoms with Crippen molar-refractivity contribution in [1.29, 1.82) is 0 Å². The minimum absolute atomic E-state index is 0.902. The van der Waals surface area contributed by atoms with Crippen molar-refractivity contribution in [3.05, 3.63) is 29.8 Å². The summed E-state index contributed by atoms with van der Waals surface area (Å²) in [5, 5.41) is 3.57. The Morgan fingerprint density at radius 1 is 1.06 bits per heavy atom. The smallest absolute Gasteiger partial charge is 0.0340 e. The van der Waals surface area contributed by atoms with Gasteiger partial charge >= 0.3 is 0 Å². The third kappa shape index (κ3) is 3.26. The van der Waals surface area contributed by atoms with Crippen LogP contribution in [0.4, 0.5) is 5.69 Å². The summed E-state index contributed by atoms with van der Waals surface area (Å²) in [4.78, 5) is 0. The average molecular weight is 217 g/mol. The largest absolute Gasteiger partial charge is 0.385 e. The van der Waals surface area contributed by atoms with Crippen LogP contribution in [0.15, 0.2) is 24.3 Å². The second-order valence-electron chi connectivity index (χ2n) is 4.94. The molecule has 0 atom stereocenters. The second kappa shape index (κ2) is 5.93. The van der Waals surface area contributed by atoms with E-state index in [0.29, 0.717) is 0 Å². The van der Waals surface area contributed by atoms with Crippen LogP contribution in [-0.4, -0.2) is 6.54 Å². The van der Waals surface area contributed by atoms with Crippen LogP contribution in [-0.2, 0) is 6.42 Å². The molecule has 0 unspecified atom stereocenters. The van der Waals surface area contributed by atoms with Gasteiger partial charge in [-0.1, -0.05) is 38.3 Å². The monoisotopic (exact) mass is 217 g/mol. The number of hydrogen-bond donors (Lipinski definition) is 1. The maximum Gasteiger partial charge on any atom is 0.0340 e. The fraction of sp³-hybridized carbons (Fsp3) is 0.600. The van der Waals surface area contributed by atoms with Gasteiger partial charge in [-0.25, -0.2) is 0 Å². The Balaban J connectivity index is 1.79. The number of aryl methyl sites for hydroxylation is 1. The lowest BCUT2D eigenvalue weighted by Gasteiger charge is -2.22. The fourth-order valence-electron chi connectivity index (χ4n) is 2.51. The Labute approximate surface area is 99.3 Å². The van der Waals surface area contributed by atoms with Crippen LogP contribution in [0.2, 0.25) is 0 Å². The number of nitrogens with one attached hydrogen (secondary N) is 1. The van der Waals surface area contributed by atoms with Crippen molar-refractivity contribution < 1.29 is 0 Å². The summed E-state index contributed by atoms with van der Waals surface area (Å²) in [7, 11) is 0. The molecule has 1 nitrogen and oxygen atoms in total. The zero-order valence-corrected chi connectivity index (χ0v) is 10.3. The number of benzene rings is 1. The predicted octanol–water partition coefficient (Wildman–Crippen LogP) is 4.24. The van der Waals surface area contributed by atoms with Crippen LogP contribution in [0.5, 0.6) is 0 Å². The molecule has 0 heterocycles. The van der Waals surface area contributed by atoms with Crippen LogP contribution < -0.4 is 5.32 Å². The number of hydrogen-bond acceptors (Lipinski definition) is 1. The van der Waals surface area contributed by atoms with Gasteiger partial charge in [0.1, 0.15) is 0 Å². The van der Waals surface area contributed by atoms with Gasteiger partial charge in [0.25, 0.3) is 0 Å². The van der Waals surface area contributed by atoms with Gasteiger partial charge in [-0.3, -0.25) is 0 Å². The third-order valence-electron chi connectivity index (χ3n) is 3.68. The molecule has 1 aromatic carbocycles. The van der Waals surface area contributed by atoms with E-state index in [0.717, 1.165) is 18.9 Å². The maximum atomic E-state index is 3.57. The van der Waals surface area contributed by atoms with Crippen LogP contribution in [0.1, 0.15) is 44.6 Å². The molecule has 0 spiro atoms. The molecule has 1 fully saturated rings. The molecular formula is C15H23N. The lowest BCUT2D eigenvalue weighted by atomic mass is 9.89. The normalized spacial score (nSPS) is 17.3. The zero-order chi connectivity index (χ0) is 11.2. The van der Waals surface area contributed by atoms with Crippen molar-refractivity contribution in [3.8, 4) is 0 Å². The Hall–Kier alpha value is -0.980. The zero-order valence-electron chi connectivity index (χ0n) is 10.3. The molecule has 1 saturated carbocycles. The summed E-state index contributed by atoms with van der Waals surface area (Å²) >= 11 is 0. The third-order valence-corrected chi connectivity index (χ3v) is 3.68. The van der Waals surface area contributed by atoms with Crippen LogP contribution in [0, 0.1) is 5.92 Å². The summed E-state index contributed by atoms with van der Waals surface area (Å²) in [6, 6.07) is 8.87. The molecule has 1 aromatic rings. The van der Waals surface area contributed by atoms with Crippen LogP contribution in [0.25, 0.3) is 0 Å². The molecule has 1 heteroatoms. The molecule has 1 aliphatic rings. The molecule has 0 aromatic heterocycles. The molecule has 0 amide bonds. The molecule has 16 heavy (non-hydrogen) atoms. The SMILES string of the molecule is CCc1ccc(NCC2CCCCC2)cc1. The lowest BCUT2D eigenvalue weighted by molar-refractivity contribution is 0.373. The minimum atomic E-state index is 0.902. The van der Waals surface area contributed by atoms with Gasteiger partial charge in [-0.2, -0.15) is 0 Å².